The summed E-state index contributed by atoms with van der Waals surface area (Å²) in [5.41, 5.74) is 2.72. The molecule has 1 aliphatic heterocycles. The van der Waals surface area contributed by atoms with E-state index in [9.17, 15) is 0 Å². The highest BCUT2D eigenvalue weighted by molar-refractivity contribution is 5.24. The van der Waals surface area contributed by atoms with Crippen LogP contribution in [0.3, 0.4) is 0 Å². The van der Waals surface area contributed by atoms with Gasteiger partial charge in [0.15, 0.2) is 0 Å². The van der Waals surface area contributed by atoms with E-state index in [-0.39, 0.29) is 5.41 Å². The minimum atomic E-state index is 0.114. The lowest BCUT2D eigenvalue weighted by Crippen LogP contribution is -2.32. The van der Waals surface area contributed by atoms with Crippen molar-refractivity contribution < 1.29 is 0 Å². The van der Waals surface area contributed by atoms with Crippen LogP contribution in [0.5, 0.6) is 0 Å². The highest BCUT2D eigenvalue weighted by Gasteiger charge is 2.24. The van der Waals surface area contributed by atoms with Crippen molar-refractivity contribution >= 4 is 0 Å². The Balaban J connectivity index is 2.09. The van der Waals surface area contributed by atoms with Gasteiger partial charge >= 0.3 is 0 Å². The lowest BCUT2D eigenvalue weighted by Gasteiger charge is -2.28. The van der Waals surface area contributed by atoms with E-state index < -0.39 is 0 Å². The van der Waals surface area contributed by atoms with Crippen molar-refractivity contribution in [2.45, 2.75) is 58.0 Å². The number of nitrogens with zero attached hydrogens (tertiary/aromatic N) is 3. The fourth-order valence-corrected chi connectivity index (χ4v) is 3.12. The van der Waals surface area contributed by atoms with Crippen molar-refractivity contribution in [2.75, 3.05) is 20.1 Å². The predicted molar refractivity (Wildman–Crippen MR) is 83.9 cm³/mol. The van der Waals surface area contributed by atoms with E-state index in [4.69, 9.17) is 0 Å². The van der Waals surface area contributed by atoms with Gasteiger partial charge in [-0.2, -0.15) is 5.10 Å². The van der Waals surface area contributed by atoms with E-state index in [0.717, 1.165) is 13.1 Å². The van der Waals surface area contributed by atoms with Crippen LogP contribution >= 0.6 is 0 Å². The third kappa shape index (κ3) is 3.83. The minimum Gasteiger partial charge on any atom is -0.317 e. The zero-order chi connectivity index (χ0) is 14.8. The van der Waals surface area contributed by atoms with Crippen LogP contribution in [-0.4, -0.2) is 40.9 Å². The van der Waals surface area contributed by atoms with Crippen molar-refractivity contribution in [1.29, 1.82) is 0 Å². The third-order valence-corrected chi connectivity index (χ3v) is 4.20. The Morgan fingerprint density at radius 2 is 2.10 bits per heavy atom. The molecule has 2 rings (SSSR count). The molecule has 1 fully saturated rings. The zero-order valence-electron chi connectivity index (χ0n) is 13.7. The molecule has 4 nitrogen and oxygen atoms in total. The van der Waals surface area contributed by atoms with E-state index in [1.807, 2.05) is 11.7 Å². The van der Waals surface area contributed by atoms with Crippen LogP contribution in [0.4, 0.5) is 0 Å². The molecule has 114 valence electrons. The van der Waals surface area contributed by atoms with Gasteiger partial charge in [-0.05, 0) is 39.4 Å². The van der Waals surface area contributed by atoms with Gasteiger partial charge in [-0.15, -0.1) is 0 Å². The van der Waals surface area contributed by atoms with E-state index in [1.165, 1.54) is 37.1 Å². The smallest absolute Gasteiger partial charge is 0.0722 e. The molecular weight excluding hydrogens is 248 g/mol. The molecule has 1 saturated heterocycles. The van der Waals surface area contributed by atoms with Gasteiger partial charge in [-0.1, -0.05) is 20.8 Å². The molecule has 1 atom stereocenters. The number of aryl methyl sites for hydroxylation is 1. The van der Waals surface area contributed by atoms with Crippen LogP contribution in [0.25, 0.3) is 0 Å². The maximum Gasteiger partial charge on any atom is 0.0722 e. The second kappa shape index (κ2) is 6.27. The molecule has 0 saturated carbocycles. The largest absolute Gasteiger partial charge is 0.317 e. The van der Waals surface area contributed by atoms with Crippen molar-refractivity contribution in [1.82, 2.24) is 20.0 Å². The van der Waals surface area contributed by atoms with Crippen LogP contribution in [0.1, 0.15) is 51.3 Å². The average Bonchev–Trinajstić information content (AvgIpc) is 2.59. The van der Waals surface area contributed by atoms with Crippen LogP contribution in [0.15, 0.2) is 6.20 Å². The first-order valence-corrected chi connectivity index (χ1v) is 7.82. The standard InChI is InChI=1S/C16H30N4/c1-16(2,3)15-13(12-20(5)18-15)11-19(4)14-7-6-9-17-10-8-14/h12,14,17H,6-11H2,1-5H3. The molecule has 4 heteroatoms. The van der Waals surface area contributed by atoms with Crippen LogP contribution in [0.2, 0.25) is 0 Å². The second-order valence-electron chi connectivity index (χ2n) is 7.18. The first kappa shape index (κ1) is 15.5. The quantitative estimate of drug-likeness (QED) is 0.921. The van der Waals surface area contributed by atoms with Crippen molar-refractivity contribution in [3.63, 3.8) is 0 Å². The third-order valence-electron chi connectivity index (χ3n) is 4.20. The van der Waals surface area contributed by atoms with Gasteiger partial charge in [0, 0.05) is 36.8 Å². The molecule has 1 unspecified atom stereocenters. The van der Waals surface area contributed by atoms with Crippen LogP contribution < -0.4 is 5.32 Å². The van der Waals surface area contributed by atoms with Crippen molar-refractivity contribution in [3.8, 4) is 0 Å². The lowest BCUT2D eigenvalue weighted by atomic mass is 9.89. The second-order valence-corrected chi connectivity index (χ2v) is 7.18. The molecule has 0 radical (unpaired) electrons. The van der Waals surface area contributed by atoms with Gasteiger partial charge in [-0.25, -0.2) is 0 Å². The Hall–Kier alpha value is -0.870. The van der Waals surface area contributed by atoms with Crippen LogP contribution in [0, 0.1) is 0 Å². The maximum atomic E-state index is 4.68. The summed E-state index contributed by atoms with van der Waals surface area (Å²) in [7, 11) is 4.28. The summed E-state index contributed by atoms with van der Waals surface area (Å²) in [6, 6.07) is 0.693. The molecule has 1 aromatic rings. The molecule has 20 heavy (non-hydrogen) atoms. The highest BCUT2D eigenvalue weighted by Crippen LogP contribution is 2.26. The number of hydrogen-bond acceptors (Lipinski definition) is 3. The minimum absolute atomic E-state index is 0.114. The normalized spacial score (nSPS) is 21.2. The molecule has 0 aromatic carbocycles. The molecule has 1 N–H and O–H groups in total. The zero-order valence-corrected chi connectivity index (χ0v) is 13.7. The summed E-state index contributed by atoms with van der Waals surface area (Å²) < 4.78 is 1.96. The first-order valence-electron chi connectivity index (χ1n) is 7.82. The molecule has 0 bridgehead atoms. The van der Waals surface area contributed by atoms with E-state index in [1.54, 1.807) is 0 Å². The number of aromatic nitrogens is 2. The highest BCUT2D eigenvalue weighted by atomic mass is 15.3. The molecule has 0 spiro atoms. The maximum absolute atomic E-state index is 4.68. The first-order chi connectivity index (χ1) is 9.38. The van der Waals surface area contributed by atoms with Crippen LogP contribution in [-0.2, 0) is 19.0 Å². The fraction of sp³-hybridized carbons (Fsp3) is 0.812. The number of nitrogens with one attached hydrogen (secondary N) is 1. The molecule has 1 aromatic heterocycles. The number of hydrogen-bond donors (Lipinski definition) is 1. The summed E-state index contributed by atoms with van der Waals surface area (Å²) in [6.07, 6.45) is 6.02. The Bertz CT molecular complexity index is 422. The van der Waals surface area contributed by atoms with Gasteiger partial charge in [0.2, 0.25) is 0 Å². The monoisotopic (exact) mass is 278 g/mol. The summed E-state index contributed by atoms with van der Waals surface area (Å²) >= 11 is 0. The summed E-state index contributed by atoms with van der Waals surface area (Å²) in [6.45, 7) is 10.1. The molecule has 1 aliphatic rings. The fourth-order valence-electron chi connectivity index (χ4n) is 3.12. The Labute approximate surface area is 123 Å². The summed E-state index contributed by atoms with van der Waals surface area (Å²) in [5, 5.41) is 8.17. The SMILES string of the molecule is CN(Cc1cn(C)nc1C(C)(C)C)C1CCCNCC1. The van der Waals surface area contributed by atoms with E-state index >= 15 is 0 Å². The summed E-state index contributed by atoms with van der Waals surface area (Å²) in [5.74, 6) is 0. The van der Waals surface area contributed by atoms with Gasteiger partial charge in [0.1, 0.15) is 0 Å². The Morgan fingerprint density at radius 1 is 1.35 bits per heavy atom. The molecule has 2 heterocycles. The van der Waals surface area contributed by atoms with Gasteiger partial charge in [-0.3, -0.25) is 9.58 Å². The van der Waals surface area contributed by atoms with Gasteiger partial charge < -0.3 is 5.32 Å². The van der Waals surface area contributed by atoms with Gasteiger partial charge in [0.05, 0.1) is 5.69 Å². The molecule has 0 aliphatic carbocycles. The Morgan fingerprint density at radius 3 is 2.80 bits per heavy atom. The van der Waals surface area contributed by atoms with E-state index in [2.05, 4.69) is 49.3 Å². The lowest BCUT2D eigenvalue weighted by molar-refractivity contribution is 0.215. The predicted octanol–water partition coefficient (Wildman–Crippen LogP) is 2.29. The number of rotatable bonds is 3. The van der Waals surface area contributed by atoms with E-state index in [0.29, 0.717) is 6.04 Å². The topological polar surface area (TPSA) is 33.1 Å². The molecule has 0 amide bonds. The summed E-state index contributed by atoms with van der Waals surface area (Å²) in [4.78, 5) is 2.51. The van der Waals surface area contributed by atoms with Crippen molar-refractivity contribution in [2.24, 2.45) is 7.05 Å². The Kier molecular flexibility index (Phi) is 4.86. The average molecular weight is 278 g/mol. The molecular formula is C16H30N4. The van der Waals surface area contributed by atoms with Crippen molar-refractivity contribution in [3.05, 3.63) is 17.5 Å². The van der Waals surface area contributed by atoms with Gasteiger partial charge in [0.25, 0.3) is 0 Å².